The van der Waals surface area contributed by atoms with Gasteiger partial charge in [0.25, 0.3) is 0 Å². The molecular formula is C20H24O2. The van der Waals surface area contributed by atoms with E-state index in [1.807, 2.05) is 74.5 Å². The van der Waals surface area contributed by atoms with Gasteiger partial charge in [-0.2, -0.15) is 0 Å². The van der Waals surface area contributed by atoms with E-state index in [0.29, 0.717) is 6.61 Å². The Morgan fingerprint density at radius 3 is 2.18 bits per heavy atom. The SMILES string of the molecule is CC(C)(CO)[C@H](/C=C\c1ccccc1)OCc1ccccc1. The van der Waals surface area contributed by atoms with Crippen molar-refractivity contribution < 1.29 is 9.84 Å². The van der Waals surface area contributed by atoms with Crippen molar-refractivity contribution >= 4 is 6.08 Å². The monoisotopic (exact) mass is 296 g/mol. The first-order valence-corrected chi connectivity index (χ1v) is 7.61. The van der Waals surface area contributed by atoms with Gasteiger partial charge in [-0.15, -0.1) is 0 Å². The molecule has 22 heavy (non-hydrogen) atoms. The van der Waals surface area contributed by atoms with E-state index < -0.39 is 0 Å². The standard InChI is InChI=1S/C20H24O2/c1-20(2,16-21)19(14-13-17-9-5-3-6-10-17)22-15-18-11-7-4-8-12-18/h3-14,19,21H,15-16H2,1-2H3/b14-13-/t19-/m0/s1. The van der Waals surface area contributed by atoms with E-state index >= 15 is 0 Å². The van der Waals surface area contributed by atoms with Crippen LogP contribution in [0.5, 0.6) is 0 Å². The lowest BCUT2D eigenvalue weighted by molar-refractivity contribution is -0.0285. The molecule has 0 heterocycles. The molecule has 0 bridgehead atoms. The summed E-state index contributed by atoms with van der Waals surface area (Å²) in [5.41, 5.74) is 1.93. The van der Waals surface area contributed by atoms with Gasteiger partial charge in [0.1, 0.15) is 0 Å². The smallest absolute Gasteiger partial charge is 0.0836 e. The summed E-state index contributed by atoms with van der Waals surface area (Å²) >= 11 is 0. The summed E-state index contributed by atoms with van der Waals surface area (Å²) in [5.74, 6) is 0. The molecule has 0 spiro atoms. The van der Waals surface area contributed by atoms with Gasteiger partial charge in [-0.3, -0.25) is 0 Å². The Labute approximate surface area is 133 Å². The Morgan fingerprint density at radius 2 is 1.59 bits per heavy atom. The van der Waals surface area contributed by atoms with Crippen LogP contribution in [-0.4, -0.2) is 17.8 Å². The lowest BCUT2D eigenvalue weighted by Gasteiger charge is -2.30. The van der Waals surface area contributed by atoms with Gasteiger partial charge in [0.05, 0.1) is 19.3 Å². The van der Waals surface area contributed by atoms with Gasteiger partial charge in [0.15, 0.2) is 0 Å². The summed E-state index contributed by atoms with van der Waals surface area (Å²) in [4.78, 5) is 0. The van der Waals surface area contributed by atoms with Crippen molar-refractivity contribution in [1.82, 2.24) is 0 Å². The molecule has 0 aliphatic carbocycles. The minimum atomic E-state index is -0.333. The van der Waals surface area contributed by atoms with Crippen LogP contribution in [0.4, 0.5) is 0 Å². The van der Waals surface area contributed by atoms with Crippen LogP contribution in [0.3, 0.4) is 0 Å². The maximum Gasteiger partial charge on any atom is 0.0836 e. The Bertz CT molecular complexity index is 573. The van der Waals surface area contributed by atoms with Crippen LogP contribution in [-0.2, 0) is 11.3 Å². The zero-order valence-electron chi connectivity index (χ0n) is 13.3. The van der Waals surface area contributed by atoms with Crippen LogP contribution in [0.15, 0.2) is 66.7 Å². The third kappa shape index (κ3) is 4.83. The molecule has 0 amide bonds. The van der Waals surface area contributed by atoms with Crippen molar-refractivity contribution in [2.45, 2.75) is 26.6 Å². The molecule has 0 saturated heterocycles. The number of aliphatic hydroxyl groups excluding tert-OH is 1. The van der Waals surface area contributed by atoms with E-state index in [4.69, 9.17) is 4.74 Å². The number of hydrogen-bond acceptors (Lipinski definition) is 2. The van der Waals surface area contributed by atoms with E-state index in [1.165, 1.54) is 0 Å². The fraction of sp³-hybridized carbons (Fsp3) is 0.300. The average Bonchev–Trinajstić information content (AvgIpc) is 2.56. The summed E-state index contributed by atoms with van der Waals surface area (Å²) in [5, 5.41) is 9.64. The highest BCUT2D eigenvalue weighted by Crippen LogP contribution is 2.25. The fourth-order valence-corrected chi connectivity index (χ4v) is 2.15. The van der Waals surface area contributed by atoms with E-state index in [1.54, 1.807) is 0 Å². The number of benzene rings is 2. The van der Waals surface area contributed by atoms with Gasteiger partial charge in [-0.1, -0.05) is 86.7 Å². The van der Waals surface area contributed by atoms with E-state index in [0.717, 1.165) is 11.1 Å². The second-order valence-corrected chi connectivity index (χ2v) is 6.13. The van der Waals surface area contributed by atoms with Gasteiger partial charge >= 0.3 is 0 Å². The number of aliphatic hydroxyl groups is 1. The molecule has 0 aliphatic heterocycles. The average molecular weight is 296 g/mol. The van der Waals surface area contributed by atoms with Crippen molar-refractivity contribution in [1.29, 1.82) is 0 Å². The van der Waals surface area contributed by atoms with Crippen LogP contribution in [0.25, 0.3) is 6.08 Å². The molecule has 1 N–H and O–H groups in total. The minimum Gasteiger partial charge on any atom is -0.396 e. The van der Waals surface area contributed by atoms with E-state index in [9.17, 15) is 5.11 Å². The normalized spacial score (nSPS) is 13.4. The van der Waals surface area contributed by atoms with Gasteiger partial charge in [0, 0.05) is 5.41 Å². The first-order chi connectivity index (χ1) is 10.6. The third-order valence-electron chi connectivity index (χ3n) is 3.71. The first kappa shape index (κ1) is 16.5. The molecule has 0 aromatic heterocycles. The fourth-order valence-electron chi connectivity index (χ4n) is 2.15. The van der Waals surface area contributed by atoms with Crippen molar-refractivity contribution in [2.24, 2.45) is 5.41 Å². The van der Waals surface area contributed by atoms with Crippen LogP contribution >= 0.6 is 0 Å². The molecule has 0 fully saturated rings. The zero-order chi connectivity index (χ0) is 15.8. The third-order valence-corrected chi connectivity index (χ3v) is 3.71. The molecule has 0 saturated carbocycles. The molecule has 2 heteroatoms. The molecule has 1 atom stereocenters. The van der Waals surface area contributed by atoms with Crippen LogP contribution in [0, 0.1) is 5.41 Å². The summed E-state index contributed by atoms with van der Waals surface area (Å²) in [6.07, 6.45) is 3.93. The number of ether oxygens (including phenoxy) is 1. The summed E-state index contributed by atoms with van der Waals surface area (Å²) < 4.78 is 6.06. The lowest BCUT2D eigenvalue weighted by atomic mass is 9.87. The van der Waals surface area contributed by atoms with Crippen molar-refractivity contribution in [2.75, 3.05) is 6.61 Å². The zero-order valence-corrected chi connectivity index (χ0v) is 13.3. The van der Waals surface area contributed by atoms with E-state index in [-0.39, 0.29) is 18.1 Å². The Balaban J connectivity index is 2.08. The van der Waals surface area contributed by atoms with Crippen LogP contribution in [0.1, 0.15) is 25.0 Å². The number of rotatable bonds is 7. The van der Waals surface area contributed by atoms with Crippen molar-refractivity contribution in [3.05, 3.63) is 77.9 Å². The quantitative estimate of drug-likeness (QED) is 0.825. The number of hydrogen-bond donors (Lipinski definition) is 1. The highest BCUT2D eigenvalue weighted by Gasteiger charge is 2.27. The van der Waals surface area contributed by atoms with Crippen LogP contribution < -0.4 is 0 Å². The molecule has 2 rings (SSSR count). The molecule has 0 unspecified atom stereocenters. The molecule has 2 nitrogen and oxygen atoms in total. The van der Waals surface area contributed by atoms with E-state index in [2.05, 4.69) is 12.1 Å². The van der Waals surface area contributed by atoms with Crippen LogP contribution in [0.2, 0.25) is 0 Å². The van der Waals surface area contributed by atoms with Gasteiger partial charge in [-0.05, 0) is 11.1 Å². The maximum absolute atomic E-state index is 9.64. The summed E-state index contributed by atoms with van der Waals surface area (Å²) in [6.45, 7) is 4.63. The summed E-state index contributed by atoms with van der Waals surface area (Å²) in [7, 11) is 0. The van der Waals surface area contributed by atoms with Crippen molar-refractivity contribution in [3.63, 3.8) is 0 Å². The molecule has 2 aromatic rings. The van der Waals surface area contributed by atoms with Crippen molar-refractivity contribution in [3.8, 4) is 0 Å². The molecule has 0 aliphatic rings. The predicted octanol–water partition coefficient (Wildman–Crippen LogP) is 4.30. The molecular weight excluding hydrogens is 272 g/mol. The molecule has 116 valence electrons. The Morgan fingerprint density at radius 1 is 1.00 bits per heavy atom. The second kappa shape index (κ2) is 7.92. The molecule has 2 aromatic carbocycles. The largest absolute Gasteiger partial charge is 0.396 e. The Kier molecular flexibility index (Phi) is 5.93. The topological polar surface area (TPSA) is 29.5 Å². The maximum atomic E-state index is 9.64. The summed E-state index contributed by atoms with van der Waals surface area (Å²) in [6, 6.07) is 20.2. The van der Waals surface area contributed by atoms with Gasteiger partial charge in [0.2, 0.25) is 0 Å². The minimum absolute atomic E-state index is 0.0750. The Hall–Kier alpha value is -1.90. The van der Waals surface area contributed by atoms with Gasteiger partial charge in [-0.25, -0.2) is 0 Å². The van der Waals surface area contributed by atoms with Gasteiger partial charge < -0.3 is 9.84 Å². The highest BCUT2D eigenvalue weighted by molar-refractivity contribution is 5.49. The highest BCUT2D eigenvalue weighted by atomic mass is 16.5. The predicted molar refractivity (Wildman–Crippen MR) is 91.4 cm³/mol. The molecule has 0 radical (unpaired) electrons. The lowest BCUT2D eigenvalue weighted by Crippen LogP contribution is -2.33. The first-order valence-electron chi connectivity index (χ1n) is 7.61. The second-order valence-electron chi connectivity index (χ2n) is 6.13.